The number of nitrogens with zero attached hydrogens (tertiary/aromatic N) is 7. The first-order chi connectivity index (χ1) is 19.2. The van der Waals surface area contributed by atoms with Gasteiger partial charge in [0.15, 0.2) is 11.6 Å². The van der Waals surface area contributed by atoms with E-state index in [9.17, 15) is 24.6 Å². The summed E-state index contributed by atoms with van der Waals surface area (Å²) in [4.78, 5) is 54.0. The average molecular weight is 554 g/mol. The number of unbranched alkanes of at least 4 members (excludes halogenated alkanes) is 1. The van der Waals surface area contributed by atoms with Crippen molar-refractivity contribution >= 4 is 40.8 Å². The van der Waals surface area contributed by atoms with Crippen molar-refractivity contribution < 1.29 is 33.9 Å². The molecule has 14 heteroatoms. The van der Waals surface area contributed by atoms with E-state index in [0.29, 0.717) is 48.0 Å². The van der Waals surface area contributed by atoms with Gasteiger partial charge in [0.05, 0.1) is 17.8 Å². The van der Waals surface area contributed by atoms with Crippen LogP contribution in [-0.2, 0) is 15.1 Å². The topological polar surface area (TPSA) is 175 Å². The Hall–Kier alpha value is -4.33. The number of anilines is 2. The molecule has 2 saturated heterocycles. The van der Waals surface area contributed by atoms with Gasteiger partial charge >= 0.3 is 12.2 Å². The standard InChI is InChI=1S/C26H31N7O7/c1-3-4-12-39-25(37)33(24(35)36)22-21-17(27-15-28-22)7-8-20(29-21)32-10-5-6-16(14-32)18-13-19(40-30-18)26(38)9-11-31(2)23(26)34/h7-8,13,15-16,38H,3-6,9-12,14H2,1-2H3,(H,35,36)/t16-,26+/m0/s1. The monoisotopic (exact) mass is 553 g/mol. The zero-order valence-electron chi connectivity index (χ0n) is 22.3. The van der Waals surface area contributed by atoms with Crippen LogP contribution in [0.4, 0.5) is 21.2 Å². The minimum absolute atomic E-state index is 0.0582. The molecule has 2 atom stereocenters. The molecule has 3 amide bonds. The number of hydrogen-bond donors (Lipinski definition) is 2. The van der Waals surface area contributed by atoms with Crippen LogP contribution in [0.2, 0.25) is 0 Å². The molecule has 2 aliphatic heterocycles. The first-order valence-electron chi connectivity index (χ1n) is 13.2. The summed E-state index contributed by atoms with van der Waals surface area (Å²) < 4.78 is 10.6. The minimum atomic E-state index is -1.71. The summed E-state index contributed by atoms with van der Waals surface area (Å²) in [5.41, 5.74) is -0.562. The molecule has 5 heterocycles. The molecule has 3 aromatic rings. The maximum Gasteiger partial charge on any atom is 0.425 e. The third kappa shape index (κ3) is 5.01. The molecular formula is C26H31N7O7. The first kappa shape index (κ1) is 27.2. The number of aliphatic hydroxyl groups is 1. The van der Waals surface area contributed by atoms with E-state index in [2.05, 4.69) is 20.1 Å². The molecule has 0 aliphatic carbocycles. The number of carboxylic acid groups (broad SMARTS) is 1. The van der Waals surface area contributed by atoms with E-state index in [4.69, 9.17) is 9.26 Å². The lowest BCUT2D eigenvalue weighted by molar-refractivity contribution is -0.144. The number of amides is 3. The average Bonchev–Trinajstić information content (AvgIpc) is 3.56. The predicted molar refractivity (Wildman–Crippen MR) is 141 cm³/mol. The van der Waals surface area contributed by atoms with Gasteiger partial charge in [-0.15, -0.1) is 0 Å². The van der Waals surface area contributed by atoms with Crippen LogP contribution >= 0.6 is 0 Å². The SMILES string of the molecule is CCCCOC(=O)N(C(=O)O)c1ncnc2ccc(N3CCC[C@H](c4cc([C@]5(O)CCN(C)C5=O)on4)C3)nc12. The number of imide groups is 1. The molecule has 40 heavy (non-hydrogen) atoms. The normalized spacial score (nSPS) is 21.2. The fourth-order valence-corrected chi connectivity index (χ4v) is 5.07. The number of fused-ring (bicyclic) bond motifs is 1. The van der Waals surface area contributed by atoms with Crippen LogP contribution in [0.1, 0.15) is 56.4 Å². The van der Waals surface area contributed by atoms with Crippen LogP contribution in [0.5, 0.6) is 0 Å². The van der Waals surface area contributed by atoms with E-state index in [0.717, 1.165) is 19.3 Å². The van der Waals surface area contributed by atoms with Crippen molar-refractivity contribution in [1.29, 1.82) is 0 Å². The van der Waals surface area contributed by atoms with E-state index >= 15 is 0 Å². The molecular weight excluding hydrogens is 522 g/mol. The molecule has 2 aliphatic rings. The maximum atomic E-state index is 12.6. The van der Waals surface area contributed by atoms with Crippen molar-refractivity contribution in [3.05, 3.63) is 36.0 Å². The van der Waals surface area contributed by atoms with Crippen molar-refractivity contribution in [2.24, 2.45) is 0 Å². The molecule has 2 fully saturated rings. The molecule has 14 nitrogen and oxygen atoms in total. The van der Waals surface area contributed by atoms with E-state index in [-0.39, 0.29) is 36.0 Å². The number of likely N-dealkylation sites (N-methyl/N-ethyl adjacent to an activating group) is 1. The molecule has 0 spiro atoms. The number of carbonyl (C=O) groups excluding carboxylic acids is 2. The molecule has 212 valence electrons. The van der Waals surface area contributed by atoms with Gasteiger partial charge in [0.25, 0.3) is 5.91 Å². The smallest absolute Gasteiger partial charge is 0.425 e. The number of hydrogen-bond acceptors (Lipinski definition) is 11. The number of piperidine rings is 1. The minimum Gasteiger partial charge on any atom is -0.464 e. The van der Waals surface area contributed by atoms with Crippen molar-refractivity contribution in [3.8, 4) is 0 Å². The van der Waals surface area contributed by atoms with Gasteiger partial charge in [-0.1, -0.05) is 18.5 Å². The van der Waals surface area contributed by atoms with Crippen molar-refractivity contribution in [2.75, 3.05) is 43.1 Å². The Morgan fingerprint density at radius 1 is 1.27 bits per heavy atom. The molecule has 5 rings (SSSR count). The fourth-order valence-electron chi connectivity index (χ4n) is 5.07. The van der Waals surface area contributed by atoms with Gasteiger partial charge in [-0.3, -0.25) is 4.79 Å². The third-order valence-electron chi connectivity index (χ3n) is 7.37. The van der Waals surface area contributed by atoms with Gasteiger partial charge < -0.3 is 29.3 Å². The summed E-state index contributed by atoms with van der Waals surface area (Å²) in [6.45, 7) is 3.64. The number of rotatable bonds is 7. The van der Waals surface area contributed by atoms with Crippen LogP contribution < -0.4 is 9.80 Å². The molecule has 0 aromatic carbocycles. The molecule has 0 saturated carbocycles. The Bertz CT molecular complexity index is 1430. The number of aromatic nitrogens is 4. The lowest BCUT2D eigenvalue weighted by Crippen LogP contribution is -2.37. The summed E-state index contributed by atoms with van der Waals surface area (Å²) in [6.07, 6.45) is 1.82. The van der Waals surface area contributed by atoms with Gasteiger partial charge in [0, 0.05) is 45.1 Å². The van der Waals surface area contributed by atoms with Crippen LogP contribution in [-0.4, -0.2) is 86.6 Å². The van der Waals surface area contributed by atoms with Gasteiger partial charge in [-0.2, -0.15) is 4.90 Å². The second-order valence-corrected chi connectivity index (χ2v) is 10.1. The highest BCUT2D eigenvalue weighted by Gasteiger charge is 2.48. The number of carbonyl (C=O) groups is 3. The summed E-state index contributed by atoms with van der Waals surface area (Å²) in [5, 5.41) is 24.9. The molecule has 3 aromatic heterocycles. The first-order valence-corrected chi connectivity index (χ1v) is 13.2. The van der Waals surface area contributed by atoms with E-state index in [1.165, 1.54) is 11.2 Å². The molecule has 0 bridgehead atoms. The van der Waals surface area contributed by atoms with E-state index < -0.39 is 23.7 Å². The zero-order chi connectivity index (χ0) is 28.4. The Balaban J connectivity index is 1.40. The Morgan fingerprint density at radius 3 is 2.83 bits per heavy atom. The Kier molecular flexibility index (Phi) is 7.52. The van der Waals surface area contributed by atoms with Gasteiger partial charge in [-0.25, -0.2) is 24.5 Å². The van der Waals surface area contributed by atoms with Gasteiger partial charge in [0.1, 0.15) is 17.7 Å². The molecule has 2 N–H and O–H groups in total. The summed E-state index contributed by atoms with van der Waals surface area (Å²) in [6, 6.07) is 5.12. The lowest BCUT2D eigenvalue weighted by atomic mass is 9.92. The van der Waals surface area contributed by atoms with Crippen LogP contribution in [0.25, 0.3) is 11.0 Å². The van der Waals surface area contributed by atoms with E-state index in [1.807, 2.05) is 11.8 Å². The maximum absolute atomic E-state index is 12.6. The number of likely N-dealkylation sites (tertiary alicyclic amines) is 1. The highest BCUT2D eigenvalue weighted by molar-refractivity contribution is 6.12. The molecule has 0 unspecified atom stereocenters. The highest BCUT2D eigenvalue weighted by Crippen LogP contribution is 2.36. The van der Waals surface area contributed by atoms with Gasteiger partial charge in [-0.05, 0) is 31.4 Å². The second-order valence-electron chi connectivity index (χ2n) is 10.1. The largest absolute Gasteiger partial charge is 0.464 e. The number of ether oxygens (including phenoxy) is 1. The predicted octanol–water partition coefficient (Wildman–Crippen LogP) is 2.87. The lowest BCUT2D eigenvalue weighted by Gasteiger charge is -2.32. The van der Waals surface area contributed by atoms with Gasteiger partial charge in [0.2, 0.25) is 5.60 Å². The highest BCUT2D eigenvalue weighted by atomic mass is 16.6. The van der Waals surface area contributed by atoms with Crippen molar-refractivity contribution in [2.45, 2.75) is 50.5 Å². The summed E-state index contributed by atoms with van der Waals surface area (Å²) in [7, 11) is 1.63. The quantitative estimate of drug-likeness (QED) is 0.410. The van der Waals surface area contributed by atoms with Crippen LogP contribution in [0.15, 0.2) is 29.0 Å². The van der Waals surface area contributed by atoms with Crippen LogP contribution in [0, 0.1) is 0 Å². The number of pyridine rings is 1. The fraction of sp³-hybridized carbons (Fsp3) is 0.500. The Morgan fingerprint density at radius 2 is 2.10 bits per heavy atom. The Labute approximate surface area is 229 Å². The molecule has 0 radical (unpaired) electrons. The van der Waals surface area contributed by atoms with Crippen molar-refractivity contribution in [1.82, 2.24) is 25.0 Å². The third-order valence-corrected chi connectivity index (χ3v) is 7.37. The summed E-state index contributed by atoms with van der Waals surface area (Å²) in [5.74, 6) is 0.0303. The zero-order valence-corrected chi connectivity index (χ0v) is 22.3. The second kappa shape index (κ2) is 11.0. The van der Waals surface area contributed by atoms with Crippen LogP contribution in [0.3, 0.4) is 0 Å². The van der Waals surface area contributed by atoms with Crippen molar-refractivity contribution in [3.63, 3.8) is 0 Å². The van der Waals surface area contributed by atoms with E-state index in [1.54, 1.807) is 25.2 Å². The summed E-state index contributed by atoms with van der Waals surface area (Å²) >= 11 is 0.